The molecule has 1 N–H and O–H groups in total. The van der Waals surface area contributed by atoms with Crippen molar-refractivity contribution in [3.63, 3.8) is 0 Å². The Morgan fingerprint density at radius 3 is 2.50 bits per heavy atom. The molecule has 1 fully saturated rings. The number of nitrogens with one attached hydrogen (secondary N) is 1. The summed E-state index contributed by atoms with van der Waals surface area (Å²) in [6.45, 7) is -2.62. The molecule has 2 aromatic carbocycles. The maximum atomic E-state index is 12.7. The smallest absolute Gasteiger partial charge is 0.387 e. The number of halogens is 2. The van der Waals surface area contributed by atoms with Gasteiger partial charge in [0.05, 0.1) is 13.2 Å². The predicted octanol–water partition coefficient (Wildman–Crippen LogP) is 4.59. The fourth-order valence-corrected chi connectivity index (χ4v) is 3.16. The molecule has 0 aromatic heterocycles. The molecule has 150 valence electrons. The van der Waals surface area contributed by atoms with Crippen LogP contribution in [0.2, 0.25) is 0 Å². The monoisotopic (exact) mass is 390 g/mol. The first-order valence-corrected chi connectivity index (χ1v) is 9.16. The van der Waals surface area contributed by atoms with Crippen molar-refractivity contribution in [3.05, 3.63) is 59.7 Å². The maximum Gasteiger partial charge on any atom is 0.387 e. The minimum Gasteiger partial charge on any atom is -0.493 e. The summed E-state index contributed by atoms with van der Waals surface area (Å²) < 4.78 is 34.4. The lowest BCUT2D eigenvalue weighted by molar-refractivity contribution is -0.0512. The number of nitrogens with zero attached hydrogens (tertiary/aromatic N) is 1. The molecule has 3 rings (SSSR count). The average molecular weight is 390 g/mol. The van der Waals surface area contributed by atoms with Crippen LogP contribution in [0.1, 0.15) is 30.0 Å². The highest BCUT2D eigenvalue weighted by Gasteiger charge is 2.33. The number of rotatable bonds is 8. The first-order chi connectivity index (χ1) is 13.5. The van der Waals surface area contributed by atoms with E-state index < -0.39 is 6.61 Å². The minimum absolute atomic E-state index is 0.00694. The average Bonchev–Trinajstić information content (AvgIpc) is 3.52. The molecular weight excluding hydrogens is 366 g/mol. The van der Waals surface area contributed by atoms with Gasteiger partial charge in [-0.2, -0.15) is 8.78 Å². The van der Waals surface area contributed by atoms with Gasteiger partial charge < -0.3 is 19.7 Å². The van der Waals surface area contributed by atoms with E-state index in [9.17, 15) is 13.6 Å². The van der Waals surface area contributed by atoms with Crippen LogP contribution >= 0.6 is 0 Å². The lowest BCUT2D eigenvalue weighted by atomic mass is 10.0. The number of carbonyl (C=O) groups excluding carboxylic acids is 1. The Labute approximate surface area is 163 Å². The fourth-order valence-electron chi connectivity index (χ4n) is 3.16. The molecule has 0 unspecified atom stereocenters. The van der Waals surface area contributed by atoms with Gasteiger partial charge in [0.15, 0.2) is 11.5 Å². The molecule has 0 spiro atoms. The summed E-state index contributed by atoms with van der Waals surface area (Å²) >= 11 is 0. The van der Waals surface area contributed by atoms with Gasteiger partial charge in [-0.1, -0.05) is 36.4 Å². The van der Waals surface area contributed by atoms with Crippen LogP contribution in [0, 0.1) is 5.92 Å². The Morgan fingerprint density at radius 1 is 1.18 bits per heavy atom. The van der Waals surface area contributed by atoms with Crippen LogP contribution in [0.25, 0.3) is 0 Å². The van der Waals surface area contributed by atoms with E-state index in [1.807, 2.05) is 30.3 Å². The zero-order valence-electron chi connectivity index (χ0n) is 15.9. The number of methoxy groups -OCH3 is 1. The molecule has 1 atom stereocenters. The quantitative estimate of drug-likeness (QED) is 0.717. The van der Waals surface area contributed by atoms with E-state index in [1.165, 1.54) is 13.2 Å². The van der Waals surface area contributed by atoms with E-state index in [2.05, 4.69) is 10.1 Å². The van der Waals surface area contributed by atoms with E-state index in [1.54, 1.807) is 24.1 Å². The summed E-state index contributed by atoms with van der Waals surface area (Å²) in [6.07, 6.45) is 2.21. The van der Waals surface area contributed by atoms with Gasteiger partial charge in [0.1, 0.15) is 0 Å². The summed E-state index contributed by atoms with van der Waals surface area (Å²) in [7, 11) is 3.08. The van der Waals surface area contributed by atoms with Crippen molar-refractivity contribution < 1.29 is 23.0 Å². The normalized spacial score (nSPS) is 14.5. The summed E-state index contributed by atoms with van der Waals surface area (Å²) in [6, 6.07) is 14.4. The number of hydrogen-bond donors (Lipinski definition) is 1. The van der Waals surface area contributed by atoms with Gasteiger partial charge in [0, 0.05) is 13.6 Å². The molecule has 7 heteroatoms. The molecule has 0 bridgehead atoms. The van der Waals surface area contributed by atoms with Crippen LogP contribution in [0.15, 0.2) is 48.5 Å². The second kappa shape index (κ2) is 8.91. The molecule has 0 heterocycles. The number of carbonyl (C=O) groups is 1. The van der Waals surface area contributed by atoms with Crippen LogP contribution in [0.3, 0.4) is 0 Å². The molecule has 0 saturated heterocycles. The van der Waals surface area contributed by atoms with E-state index in [0.717, 1.165) is 24.0 Å². The van der Waals surface area contributed by atoms with Crippen molar-refractivity contribution in [3.8, 4) is 11.5 Å². The van der Waals surface area contributed by atoms with Crippen LogP contribution in [-0.4, -0.2) is 31.7 Å². The molecule has 1 aliphatic rings. The van der Waals surface area contributed by atoms with Gasteiger partial charge in [-0.25, -0.2) is 4.79 Å². The van der Waals surface area contributed by atoms with Gasteiger partial charge >= 0.3 is 12.6 Å². The number of amides is 2. The number of ether oxygens (including phenoxy) is 2. The molecule has 28 heavy (non-hydrogen) atoms. The molecule has 2 amide bonds. The number of alkyl halides is 2. The Hall–Kier alpha value is -2.83. The van der Waals surface area contributed by atoms with Crippen molar-refractivity contribution in [2.24, 2.45) is 5.92 Å². The summed E-state index contributed by atoms with van der Waals surface area (Å²) in [5.74, 6) is 0.628. The van der Waals surface area contributed by atoms with E-state index >= 15 is 0 Å². The third-order valence-electron chi connectivity index (χ3n) is 4.74. The third-order valence-corrected chi connectivity index (χ3v) is 4.74. The topological polar surface area (TPSA) is 50.8 Å². The summed E-state index contributed by atoms with van der Waals surface area (Å²) in [5, 5.41) is 3.11. The van der Waals surface area contributed by atoms with E-state index in [4.69, 9.17) is 4.74 Å². The standard InChI is InChI=1S/C21H24F2N2O3/c1-25(13-14-8-11-17(28-20(22)23)18(12-14)27-2)21(26)24-19(16-9-10-16)15-6-4-3-5-7-15/h3-8,11-12,16,19-20H,9-10,13H2,1-2H3,(H,24,26)/t19-/m1/s1. The van der Waals surface area contributed by atoms with E-state index in [0.29, 0.717) is 12.5 Å². The second-order valence-electron chi connectivity index (χ2n) is 6.90. The minimum atomic E-state index is -2.93. The number of benzene rings is 2. The van der Waals surface area contributed by atoms with Crippen molar-refractivity contribution in [2.45, 2.75) is 32.0 Å². The first-order valence-electron chi connectivity index (χ1n) is 9.16. The van der Waals surface area contributed by atoms with Crippen molar-refractivity contribution in [1.82, 2.24) is 10.2 Å². The second-order valence-corrected chi connectivity index (χ2v) is 6.90. The molecule has 2 aromatic rings. The summed E-state index contributed by atoms with van der Waals surface area (Å²) in [4.78, 5) is 14.2. The zero-order chi connectivity index (χ0) is 20.1. The van der Waals surface area contributed by atoms with Crippen molar-refractivity contribution in [2.75, 3.05) is 14.2 Å². The van der Waals surface area contributed by atoms with Crippen molar-refractivity contribution >= 4 is 6.03 Å². The first kappa shape index (κ1) is 19.9. The van der Waals surface area contributed by atoms with Crippen LogP contribution < -0.4 is 14.8 Å². The molecule has 0 aliphatic heterocycles. The van der Waals surface area contributed by atoms with Gasteiger partial charge in [0.25, 0.3) is 0 Å². The highest BCUT2D eigenvalue weighted by molar-refractivity contribution is 5.74. The SMILES string of the molecule is COc1cc(CN(C)C(=O)N[C@H](c2ccccc2)C2CC2)ccc1OC(F)F. The Morgan fingerprint density at radius 2 is 1.89 bits per heavy atom. The van der Waals surface area contributed by atoms with Crippen LogP contribution in [0.4, 0.5) is 13.6 Å². The largest absolute Gasteiger partial charge is 0.493 e. The lowest BCUT2D eigenvalue weighted by Crippen LogP contribution is -2.39. The number of hydrogen-bond acceptors (Lipinski definition) is 3. The van der Waals surface area contributed by atoms with Crippen LogP contribution in [-0.2, 0) is 6.54 Å². The lowest BCUT2D eigenvalue weighted by Gasteiger charge is -2.24. The van der Waals surface area contributed by atoms with E-state index in [-0.39, 0.29) is 23.6 Å². The van der Waals surface area contributed by atoms with Gasteiger partial charge in [-0.15, -0.1) is 0 Å². The third kappa shape index (κ3) is 5.12. The zero-order valence-corrected chi connectivity index (χ0v) is 15.9. The Kier molecular flexibility index (Phi) is 6.34. The van der Waals surface area contributed by atoms with Crippen LogP contribution in [0.5, 0.6) is 11.5 Å². The number of urea groups is 1. The molecule has 1 aliphatic carbocycles. The molecular formula is C21H24F2N2O3. The van der Waals surface area contributed by atoms with Gasteiger partial charge in [-0.3, -0.25) is 0 Å². The maximum absolute atomic E-state index is 12.7. The van der Waals surface area contributed by atoms with Gasteiger partial charge in [0.2, 0.25) is 0 Å². The summed E-state index contributed by atoms with van der Waals surface area (Å²) in [5.41, 5.74) is 1.85. The highest BCUT2D eigenvalue weighted by atomic mass is 19.3. The molecule has 5 nitrogen and oxygen atoms in total. The highest BCUT2D eigenvalue weighted by Crippen LogP contribution is 2.41. The van der Waals surface area contributed by atoms with Gasteiger partial charge in [-0.05, 0) is 42.0 Å². The Bertz CT molecular complexity index is 797. The molecule has 0 radical (unpaired) electrons. The Balaban J connectivity index is 1.65. The van der Waals surface area contributed by atoms with Crippen molar-refractivity contribution in [1.29, 1.82) is 0 Å². The molecule has 1 saturated carbocycles. The predicted molar refractivity (Wildman–Crippen MR) is 102 cm³/mol. The fraction of sp³-hybridized carbons (Fsp3) is 0.381.